The maximum absolute atomic E-state index is 9.28. The van der Waals surface area contributed by atoms with Crippen LogP contribution in [0.1, 0.15) is 19.3 Å². The Morgan fingerprint density at radius 2 is 2.00 bits per heavy atom. The number of aliphatic hydroxyl groups excluding tert-OH is 2. The van der Waals surface area contributed by atoms with Crippen LogP contribution < -0.4 is 0 Å². The quantitative estimate of drug-likeness (QED) is 0.497. The van der Waals surface area contributed by atoms with Gasteiger partial charge in [-0.2, -0.15) is 0 Å². The van der Waals surface area contributed by atoms with E-state index >= 15 is 0 Å². The van der Waals surface area contributed by atoms with Crippen molar-refractivity contribution in [2.45, 2.75) is 37.8 Å². The fourth-order valence-corrected chi connectivity index (χ4v) is 1.84. The molecule has 0 aromatic carbocycles. The van der Waals surface area contributed by atoms with Gasteiger partial charge in [-0.1, -0.05) is 0 Å². The summed E-state index contributed by atoms with van der Waals surface area (Å²) in [7, 11) is 0. The minimum atomic E-state index is -0.609. The second kappa shape index (κ2) is 2.19. The predicted molar refractivity (Wildman–Crippen MR) is 34.2 cm³/mol. The molecule has 3 nitrogen and oxygen atoms in total. The summed E-state index contributed by atoms with van der Waals surface area (Å²) in [6.07, 6.45) is 1.48. The molecule has 1 saturated carbocycles. The Balaban J connectivity index is 2.08. The lowest BCUT2D eigenvalue weighted by atomic mass is 9.88. The monoisotopic (exact) mass is 144 g/mol. The van der Waals surface area contributed by atoms with Crippen molar-refractivity contribution in [1.29, 1.82) is 0 Å². The van der Waals surface area contributed by atoms with Crippen LogP contribution in [0.5, 0.6) is 0 Å². The minimum Gasteiger partial charge on any atom is -0.390 e. The van der Waals surface area contributed by atoms with Crippen LogP contribution >= 0.6 is 0 Å². The van der Waals surface area contributed by atoms with E-state index in [1.807, 2.05) is 0 Å². The first-order valence-electron chi connectivity index (χ1n) is 3.79. The lowest BCUT2D eigenvalue weighted by Crippen LogP contribution is -2.28. The fraction of sp³-hybridized carbons (Fsp3) is 1.00. The maximum Gasteiger partial charge on any atom is 0.157 e. The number of hydrogen-bond acceptors (Lipinski definition) is 3. The van der Waals surface area contributed by atoms with Gasteiger partial charge in [0.15, 0.2) is 6.29 Å². The van der Waals surface area contributed by atoms with Crippen molar-refractivity contribution in [2.75, 3.05) is 0 Å². The Bertz CT molecular complexity index is 135. The van der Waals surface area contributed by atoms with E-state index in [1.165, 1.54) is 0 Å². The van der Waals surface area contributed by atoms with Gasteiger partial charge in [-0.15, -0.1) is 0 Å². The molecular formula is C7H12O3. The molecule has 0 radical (unpaired) electrons. The van der Waals surface area contributed by atoms with Crippen molar-refractivity contribution in [3.05, 3.63) is 0 Å². The summed E-state index contributed by atoms with van der Waals surface area (Å²) in [5.41, 5.74) is 0. The Morgan fingerprint density at radius 1 is 1.20 bits per heavy atom. The summed E-state index contributed by atoms with van der Waals surface area (Å²) >= 11 is 0. The summed E-state index contributed by atoms with van der Waals surface area (Å²) < 4.78 is 5.10. The van der Waals surface area contributed by atoms with Crippen LogP contribution in [0.15, 0.2) is 0 Å². The summed E-state index contributed by atoms with van der Waals surface area (Å²) in [5.74, 6) is 0.286. The Morgan fingerprint density at radius 3 is 2.70 bits per heavy atom. The van der Waals surface area contributed by atoms with Crippen LogP contribution in [0.25, 0.3) is 0 Å². The van der Waals surface area contributed by atoms with Gasteiger partial charge in [0.05, 0.1) is 12.2 Å². The molecule has 3 heteroatoms. The molecule has 1 saturated heterocycles. The van der Waals surface area contributed by atoms with E-state index in [4.69, 9.17) is 4.74 Å². The van der Waals surface area contributed by atoms with Crippen molar-refractivity contribution in [2.24, 2.45) is 5.92 Å². The van der Waals surface area contributed by atoms with E-state index in [9.17, 15) is 10.2 Å². The molecule has 0 spiro atoms. The molecule has 2 bridgehead atoms. The second-order valence-corrected chi connectivity index (χ2v) is 3.21. The lowest BCUT2D eigenvalue weighted by Gasteiger charge is -2.21. The number of rotatable bonds is 0. The van der Waals surface area contributed by atoms with Gasteiger partial charge >= 0.3 is 0 Å². The van der Waals surface area contributed by atoms with Crippen molar-refractivity contribution < 1.29 is 14.9 Å². The number of hydrogen-bond donors (Lipinski definition) is 2. The highest BCUT2D eigenvalue weighted by atomic mass is 16.6. The summed E-state index contributed by atoms with van der Waals surface area (Å²) in [6.45, 7) is 0. The van der Waals surface area contributed by atoms with Gasteiger partial charge in [-0.05, 0) is 19.3 Å². The molecule has 1 aliphatic heterocycles. The van der Waals surface area contributed by atoms with Crippen LogP contribution in [0.2, 0.25) is 0 Å². The highest BCUT2D eigenvalue weighted by Crippen LogP contribution is 2.36. The van der Waals surface area contributed by atoms with Crippen LogP contribution in [-0.2, 0) is 4.74 Å². The zero-order valence-electron chi connectivity index (χ0n) is 5.73. The van der Waals surface area contributed by atoms with E-state index in [0.29, 0.717) is 0 Å². The summed E-state index contributed by atoms with van der Waals surface area (Å²) in [6, 6.07) is 0. The molecule has 0 aromatic heterocycles. The molecule has 58 valence electrons. The third kappa shape index (κ3) is 0.856. The zero-order valence-corrected chi connectivity index (χ0v) is 5.73. The zero-order chi connectivity index (χ0) is 7.14. The SMILES string of the molecule is OC1O[C@@H]2CC1CCC2O. The number of fused-ring (bicyclic) bond motifs is 2. The van der Waals surface area contributed by atoms with E-state index in [0.717, 1.165) is 19.3 Å². The van der Waals surface area contributed by atoms with Crippen molar-refractivity contribution in [3.63, 3.8) is 0 Å². The molecule has 0 amide bonds. The first-order chi connectivity index (χ1) is 4.77. The molecule has 2 fully saturated rings. The third-order valence-corrected chi connectivity index (χ3v) is 2.51. The molecule has 3 unspecified atom stereocenters. The molecule has 2 aliphatic rings. The lowest BCUT2D eigenvalue weighted by molar-refractivity contribution is -0.120. The Kier molecular flexibility index (Phi) is 1.44. The molecule has 1 aliphatic carbocycles. The van der Waals surface area contributed by atoms with Crippen LogP contribution in [0, 0.1) is 5.92 Å². The van der Waals surface area contributed by atoms with E-state index in [2.05, 4.69) is 0 Å². The molecule has 1 heterocycles. The molecular weight excluding hydrogens is 132 g/mol. The van der Waals surface area contributed by atoms with E-state index in [1.54, 1.807) is 0 Å². The number of aliphatic hydroxyl groups is 2. The van der Waals surface area contributed by atoms with Crippen LogP contribution in [0.4, 0.5) is 0 Å². The molecule has 0 aromatic rings. The van der Waals surface area contributed by atoms with Gasteiger partial charge in [-0.25, -0.2) is 0 Å². The van der Waals surface area contributed by atoms with Crippen molar-refractivity contribution >= 4 is 0 Å². The molecule has 4 atom stereocenters. The largest absolute Gasteiger partial charge is 0.390 e. The van der Waals surface area contributed by atoms with Gasteiger partial charge in [0, 0.05) is 5.92 Å². The Hall–Kier alpha value is -0.120. The van der Waals surface area contributed by atoms with Gasteiger partial charge in [0.25, 0.3) is 0 Å². The topological polar surface area (TPSA) is 49.7 Å². The van der Waals surface area contributed by atoms with E-state index in [-0.39, 0.29) is 18.1 Å². The molecule has 2 rings (SSSR count). The van der Waals surface area contributed by atoms with Crippen molar-refractivity contribution in [3.8, 4) is 0 Å². The third-order valence-electron chi connectivity index (χ3n) is 2.51. The van der Waals surface area contributed by atoms with Crippen LogP contribution in [-0.4, -0.2) is 28.7 Å². The summed E-state index contributed by atoms with van der Waals surface area (Å²) in [5, 5.41) is 18.5. The van der Waals surface area contributed by atoms with Gasteiger partial charge in [-0.3, -0.25) is 0 Å². The highest BCUT2D eigenvalue weighted by molar-refractivity contribution is 4.87. The summed E-state index contributed by atoms with van der Waals surface area (Å²) in [4.78, 5) is 0. The first kappa shape index (κ1) is 6.58. The van der Waals surface area contributed by atoms with Gasteiger partial charge in [0.2, 0.25) is 0 Å². The standard InChI is InChI=1S/C7H12O3/c8-5-2-1-4-3-6(5)10-7(4)9/h4-9H,1-3H2/t4?,5?,6-,7?/m1/s1. The average Bonchev–Trinajstić information content (AvgIpc) is 2.21. The van der Waals surface area contributed by atoms with Crippen LogP contribution in [0.3, 0.4) is 0 Å². The minimum absolute atomic E-state index is 0.0891. The highest BCUT2D eigenvalue weighted by Gasteiger charge is 2.41. The smallest absolute Gasteiger partial charge is 0.157 e. The fourth-order valence-electron chi connectivity index (χ4n) is 1.84. The maximum atomic E-state index is 9.28. The first-order valence-corrected chi connectivity index (χ1v) is 3.79. The van der Waals surface area contributed by atoms with Crippen molar-refractivity contribution in [1.82, 2.24) is 0 Å². The van der Waals surface area contributed by atoms with E-state index < -0.39 is 6.29 Å². The number of ether oxygens (including phenoxy) is 1. The Labute approximate surface area is 59.6 Å². The average molecular weight is 144 g/mol. The van der Waals surface area contributed by atoms with Gasteiger partial charge in [0.1, 0.15) is 0 Å². The molecule has 2 N–H and O–H groups in total. The normalized spacial score (nSPS) is 53.4. The predicted octanol–water partition coefficient (Wildman–Crippen LogP) is -0.135. The molecule has 10 heavy (non-hydrogen) atoms. The second-order valence-electron chi connectivity index (χ2n) is 3.21. The van der Waals surface area contributed by atoms with Gasteiger partial charge < -0.3 is 14.9 Å².